The van der Waals surface area contributed by atoms with E-state index in [1.54, 1.807) is 24.3 Å². The maximum atomic E-state index is 12.8. The van der Waals surface area contributed by atoms with Gasteiger partial charge in [-0.3, -0.25) is 4.79 Å². The Bertz CT molecular complexity index is 1010. The first-order valence-electron chi connectivity index (χ1n) is 8.99. The number of imidazole rings is 1. The van der Waals surface area contributed by atoms with Crippen molar-refractivity contribution >= 4 is 22.9 Å². The molecular formula is C21H21N3O3. The zero-order valence-electron chi connectivity index (χ0n) is 15.4. The number of nitrogens with zero attached hydrogens (tertiary/aromatic N) is 3. The molecule has 1 aromatic heterocycles. The minimum Gasteiger partial charge on any atom is -0.465 e. The summed E-state index contributed by atoms with van der Waals surface area (Å²) in [6, 6.07) is 14.9. The predicted octanol–water partition coefficient (Wildman–Crippen LogP) is 3.22. The van der Waals surface area contributed by atoms with Gasteiger partial charge in [0.2, 0.25) is 0 Å². The number of hydrogen-bond acceptors (Lipinski definition) is 4. The van der Waals surface area contributed by atoms with Crippen LogP contribution in [0.25, 0.3) is 11.0 Å². The molecule has 1 saturated heterocycles. The number of aryl methyl sites for hydroxylation is 1. The number of para-hydroxylation sites is 2. The molecular weight excluding hydrogens is 342 g/mol. The summed E-state index contributed by atoms with van der Waals surface area (Å²) in [5.41, 5.74) is 3.11. The van der Waals surface area contributed by atoms with E-state index in [1.807, 2.05) is 30.0 Å². The van der Waals surface area contributed by atoms with Crippen molar-refractivity contribution in [1.29, 1.82) is 0 Å². The predicted molar refractivity (Wildman–Crippen MR) is 102 cm³/mol. The third kappa shape index (κ3) is 3.07. The van der Waals surface area contributed by atoms with Gasteiger partial charge in [0, 0.05) is 18.7 Å². The van der Waals surface area contributed by atoms with Gasteiger partial charge >= 0.3 is 5.97 Å². The van der Waals surface area contributed by atoms with E-state index in [0.29, 0.717) is 24.2 Å². The number of carbonyl (C=O) groups excluding carboxylic acids is 2. The molecule has 1 aliphatic heterocycles. The first kappa shape index (κ1) is 17.3. The third-order valence-corrected chi connectivity index (χ3v) is 5.14. The summed E-state index contributed by atoms with van der Waals surface area (Å²) in [7, 11) is 1.34. The molecule has 138 valence electrons. The van der Waals surface area contributed by atoms with Gasteiger partial charge in [0.05, 0.1) is 29.7 Å². The van der Waals surface area contributed by atoms with Crippen LogP contribution in [0.5, 0.6) is 0 Å². The Morgan fingerprint density at radius 2 is 1.78 bits per heavy atom. The topological polar surface area (TPSA) is 64.4 Å². The van der Waals surface area contributed by atoms with E-state index in [-0.39, 0.29) is 11.9 Å². The lowest BCUT2D eigenvalue weighted by molar-refractivity contribution is 0.0600. The number of ether oxygens (including phenoxy) is 1. The van der Waals surface area contributed by atoms with E-state index in [9.17, 15) is 9.59 Å². The van der Waals surface area contributed by atoms with Crippen LogP contribution in [0.1, 0.15) is 39.0 Å². The standard InChI is InChI=1S/C21H21N3O3/c1-14-22-18-5-3-4-6-19(18)24(14)17-11-12-23(13-17)20(25)15-7-9-16(10-8-15)21(26)27-2/h3-10,17H,11-13H2,1-2H3. The van der Waals surface area contributed by atoms with Crippen molar-refractivity contribution < 1.29 is 14.3 Å². The Balaban J connectivity index is 1.53. The van der Waals surface area contributed by atoms with Gasteiger partial charge in [-0.15, -0.1) is 0 Å². The maximum Gasteiger partial charge on any atom is 0.337 e. The molecule has 0 saturated carbocycles. The fourth-order valence-electron chi connectivity index (χ4n) is 3.81. The molecule has 1 unspecified atom stereocenters. The first-order chi connectivity index (χ1) is 13.1. The molecule has 1 atom stereocenters. The lowest BCUT2D eigenvalue weighted by atomic mass is 10.1. The molecule has 27 heavy (non-hydrogen) atoms. The van der Waals surface area contributed by atoms with Crippen molar-refractivity contribution in [2.24, 2.45) is 0 Å². The molecule has 6 heteroatoms. The summed E-state index contributed by atoms with van der Waals surface area (Å²) in [5.74, 6) is 0.548. The van der Waals surface area contributed by atoms with Crippen LogP contribution in [0, 0.1) is 6.92 Å². The van der Waals surface area contributed by atoms with Gasteiger partial charge in [-0.2, -0.15) is 0 Å². The molecule has 2 aromatic carbocycles. The molecule has 4 rings (SSSR count). The first-order valence-corrected chi connectivity index (χ1v) is 8.99. The van der Waals surface area contributed by atoms with Crippen molar-refractivity contribution in [3.8, 4) is 0 Å². The Hall–Kier alpha value is -3.15. The molecule has 0 bridgehead atoms. The second kappa shape index (κ2) is 6.87. The summed E-state index contributed by atoms with van der Waals surface area (Å²) in [6.07, 6.45) is 0.896. The number of benzene rings is 2. The molecule has 3 aromatic rings. The van der Waals surface area contributed by atoms with Gasteiger partial charge in [0.1, 0.15) is 5.82 Å². The number of methoxy groups -OCH3 is 1. The van der Waals surface area contributed by atoms with Gasteiger partial charge < -0.3 is 14.2 Å². The van der Waals surface area contributed by atoms with Crippen LogP contribution in [0.4, 0.5) is 0 Å². The van der Waals surface area contributed by atoms with Crippen LogP contribution in [0.3, 0.4) is 0 Å². The van der Waals surface area contributed by atoms with E-state index in [0.717, 1.165) is 23.3 Å². The van der Waals surface area contributed by atoms with E-state index in [2.05, 4.69) is 15.6 Å². The Kier molecular flexibility index (Phi) is 4.39. The number of rotatable bonds is 3. The van der Waals surface area contributed by atoms with Crippen LogP contribution in [0.2, 0.25) is 0 Å². The molecule has 6 nitrogen and oxygen atoms in total. The van der Waals surface area contributed by atoms with Gasteiger partial charge in [0.25, 0.3) is 5.91 Å². The zero-order valence-corrected chi connectivity index (χ0v) is 15.4. The van der Waals surface area contributed by atoms with Gasteiger partial charge in [0.15, 0.2) is 0 Å². The minimum atomic E-state index is -0.405. The maximum absolute atomic E-state index is 12.8. The number of hydrogen-bond donors (Lipinski definition) is 0. The van der Waals surface area contributed by atoms with Crippen molar-refractivity contribution in [2.75, 3.05) is 20.2 Å². The largest absolute Gasteiger partial charge is 0.465 e. The molecule has 0 radical (unpaired) electrons. The number of esters is 1. The second-order valence-electron chi connectivity index (χ2n) is 6.78. The number of likely N-dealkylation sites (tertiary alicyclic amines) is 1. The van der Waals surface area contributed by atoms with E-state index < -0.39 is 5.97 Å². The highest BCUT2D eigenvalue weighted by Crippen LogP contribution is 2.28. The van der Waals surface area contributed by atoms with Crippen LogP contribution in [0.15, 0.2) is 48.5 Å². The highest BCUT2D eigenvalue weighted by atomic mass is 16.5. The smallest absolute Gasteiger partial charge is 0.337 e. The minimum absolute atomic E-state index is 0.0176. The van der Waals surface area contributed by atoms with Crippen LogP contribution in [-0.4, -0.2) is 46.5 Å². The number of aromatic nitrogens is 2. The average molecular weight is 363 g/mol. The average Bonchev–Trinajstić information content (AvgIpc) is 3.30. The highest BCUT2D eigenvalue weighted by Gasteiger charge is 2.29. The SMILES string of the molecule is COC(=O)c1ccc(C(=O)N2CCC(n3c(C)nc4ccccc43)C2)cc1. The molecule has 1 fully saturated rings. The second-order valence-corrected chi connectivity index (χ2v) is 6.78. The Morgan fingerprint density at radius 3 is 2.52 bits per heavy atom. The van der Waals surface area contributed by atoms with Crippen molar-refractivity contribution in [3.05, 3.63) is 65.5 Å². The molecule has 1 amide bonds. The quantitative estimate of drug-likeness (QED) is 0.670. The normalized spacial score (nSPS) is 16.7. The number of carbonyl (C=O) groups is 2. The molecule has 0 aliphatic carbocycles. The summed E-state index contributed by atoms with van der Waals surface area (Å²) in [6.45, 7) is 3.36. The summed E-state index contributed by atoms with van der Waals surface area (Å²) in [4.78, 5) is 30.9. The van der Waals surface area contributed by atoms with E-state index in [4.69, 9.17) is 4.74 Å². The third-order valence-electron chi connectivity index (χ3n) is 5.14. The fourth-order valence-corrected chi connectivity index (χ4v) is 3.81. The summed E-state index contributed by atoms with van der Waals surface area (Å²) in [5, 5.41) is 0. The molecule has 0 N–H and O–H groups in total. The van der Waals surface area contributed by atoms with Gasteiger partial charge in [-0.1, -0.05) is 12.1 Å². The van der Waals surface area contributed by atoms with Crippen LogP contribution >= 0.6 is 0 Å². The zero-order chi connectivity index (χ0) is 19.0. The molecule has 1 aliphatic rings. The molecule has 0 spiro atoms. The van der Waals surface area contributed by atoms with Crippen molar-refractivity contribution in [3.63, 3.8) is 0 Å². The van der Waals surface area contributed by atoms with E-state index in [1.165, 1.54) is 7.11 Å². The van der Waals surface area contributed by atoms with Crippen molar-refractivity contribution in [2.45, 2.75) is 19.4 Å². The van der Waals surface area contributed by atoms with Crippen LogP contribution < -0.4 is 0 Å². The van der Waals surface area contributed by atoms with Crippen molar-refractivity contribution in [1.82, 2.24) is 14.5 Å². The lowest BCUT2D eigenvalue weighted by Gasteiger charge is -2.18. The number of fused-ring (bicyclic) bond motifs is 1. The highest BCUT2D eigenvalue weighted by molar-refractivity contribution is 5.96. The Morgan fingerprint density at radius 1 is 1.07 bits per heavy atom. The Labute approximate surface area is 157 Å². The monoisotopic (exact) mass is 363 g/mol. The number of amides is 1. The fraction of sp³-hybridized carbons (Fsp3) is 0.286. The van der Waals surface area contributed by atoms with E-state index >= 15 is 0 Å². The van der Waals surface area contributed by atoms with Crippen LogP contribution in [-0.2, 0) is 4.74 Å². The summed E-state index contributed by atoms with van der Waals surface area (Å²) < 4.78 is 6.93. The van der Waals surface area contributed by atoms with Gasteiger partial charge in [-0.25, -0.2) is 9.78 Å². The lowest BCUT2D eigenvalue weighted by Crippen LogP contribution is -2.29. The summed E-state index contributed by atoms with van der Waals surface area (Å²) >= 11 is 0. The molecule has 2 heterocycles. The van der Waals surface area contributed by atoms with Gasteiger partial charge in [-0.05, 0) is 49.7 Å².